The van der Waals surface area contributed by atoms with Crippen LogP contribution in [0.2, 0.25) is 0 Å². The zero-order chi connectivity index (χ0) is 10.8. The summed E-state index contributed by atoms with van der Waals surface area (Å²) in [7, 11) is 0. The third kappa shape index (κ3) is 2.00. The van der Waals surface area contributed by atoms with Gasteiger partial charge < -0.3 is 8.98 Å². The van der Waals surface area contributed by atoms with Crippen molar-refractivity contribution in [2.24, 2.45) is 0 Å². The van der Waals surface area contributed by atoms with Crippen LogP contribution in [0.25, 0.3) is 0 Å². The van der Waals surface area contributed by atoms with Crippen LogP contribution in [0.5, 0.6) is 0 Å². The lowest BCUT2D eigenvalue weighted by atomic mass is 10.6. The average molecular weight is 214 g/mol. The van der Waals surface area contributed by atoms with E-state index in [1.54, 1.807) is 23.9 Å². The molecule has 0 N–H and O–H groups in total. The van der Waals surface area contributed by atoms with Crippen molar-refractivity contribution in [2.75, 3.05) is 0 Å². The number of nitrogens with zero attached hydrogens (tertiary/aromatic N) is 4. The van der Waals surface area contributed by atoms with E-state index >= 15 is 0 Å². The zero-order valence-corrected chi connectivity index (χ0v) is 7.89. The van der Waals surface area contributed by atoms with Crippen molar-refractivity contribution in [3.05, 3.63) is 30.0 Å². The van der Waals surface area contributed by atoms with E-state index in [1.807, 2.05) is 0 Å². The monoisotopic (exact) mass is 214 g/mol. The fourth-order valence-electron chi connectivity index (χ4n) is 1.14. The summed E-state index contributed by atoms with van der Waals surface area (Å²) < 4.78 is 30.7. The largest absolute Gasteiger partial charge is 0.418 e. The number of hydrogen-bond donors (Lipinski definition) is 0. The Morgan fingerprint density at radius 3 is 2.80 bits per heavy atom. The summed E-state index contributed by atoms with van der Waals surface area (Å²) in [6.07, 6.45) is 0.594. The Balaban J connectivity index is 2.15. The van der Waals surface area contributed by atoms with Gasteiger partial charge in [0.2, 0.25) is 5.89 Å². The van der Waals surface area contributed by atoms with Gasteiger partial charge in [0.15, 0.2) is 0 Å². The second kappa shape index (κ2) is 3.76. The minimum absolute atomic E-state index is 0.145. The highest BCUT2D eigenvalue weighted by Gasteiger charge is 2.16. The molecule has 0 amide bonds. The van der Waals surface area contributed by atoms with Crippen molar-refractivity contribution in [3.8, 4) is 0 Å². The predicted octanol–water partition coefficient (Wildman–Crippen LogP) is 1.56. The third-order valence-corrected chi connectivity index (χ3v) is 1.90. The number of aromatic nitrogens is 4. The van der Waals surface area contributed by atoms with Crippen LogP contribution in [0.3, 0.4) is 0 Å². The molecule has 15 heavy (non-hydrogen) atoms. The van der Waals surface area contributed by atoms with Crippen molar-refractivity contribution in [1.82, 2.24) is 19.7 Å². The molecule has 0 bridgehead atoms. The standard InChI is InChI=1S/C8H8F2N4O/c1-5-11-2-3-14(5)4-6-12-13-8(15-6)7(9)10/h2-3,7H,4H2,1H3. The van der Waals surface area contributed by atoms with Gasteiger partial charge in [-0.2, -0.15) is 8.78 Å². The van der Waals surface area contributed by atoms with Crippen molar-refractivity contribution >= 4 is 0 Å². The maximum Gasteiger partial charge on any atom is 0.314 e. The molecule has 0 saturated carbocycles. The lowest BCUT2D eigenvalue weighted by molar-refractivity contribution is 0.113. The summed E-state index contributed by atoms with van der Waals surface area (Å²) >= 11 is 0. The molecule has 2 rings (SSSR count). The highest BCUT2D eigenvalue weighted by Crippen LogP contribution is 2.16. The van der Waals surface area contributed by atoms with E-state index in [9.17, 15) is 8.78 Å². The molecule has 0 aliphatic rings. The number of rotatable bonds is 3. The van der Waals surface area contributed by atoms with Crippen LogP contribution in [0.1, 0.15) is 24.0 Å². The van der Waals surface area contributed by atoms with Crippen LogP contribution in [0, 0.1) is 6.92 Å². The Hall–Kier alpha value is -1.79. The molecule has 2 aromatic rings. The van der Waals surface area contributed by atoms with Gasteiger partial charge in [0.1, 0.15) is 12.4 Å². The summed E-state index contributed by atoms with van der Waals surface area (Å²) in [5.74, 6) is 0.251. The smallest absolute Gasteiger partial charge is 0.314 e. The molecule has 0 fully saturated rings. The van der Waals surface area contributed by atoms with Gasteiger partial charge in [-0.3, -0.25) is 0 Å². The molecule has 0 aromatic carbocycles. The van der Waals surface area contributed by atoms with Crippen LogP contribution in [0.4, 0.5) is 8.78 Å². The van der Waals surface area contributed by atoms with E-state index in [-0.39, 0.29) is 12.4 Å². The highest BCUT2D eigenvalue weighted by atomic mass is 19.3. The summed E-state index contributed by atoms with van der Waals surface area (Å²) in [5.41, 5.74) is 0. The topological polar surface area (TPSA) is 56.7 Å². The lowest BCUT2D eigenvalue weighted by Crippen LogP contribution is -2.00. The normalized spacial score (nSPS) is 11.2. The number of aryl methyl sites for hydroxylation is 1. The van der Waals surface area contributed by atoms with Gasteiger partial charge in [-0.1, -0.05) is 0 Å². The summed E-state index contributed by atoms with van der Waals surface area (Å²) in [4.78, 5) is 3.98. The highest BCUT2D eigenvalue weighted by molar-refractivity contribution is 4.93. The van der Waals surface area contributed by atoms with Gasteiger partial charge in [0, 0.05) is 12.4 Å². The molecule has 0 radical (unpaired) electrons. The average Bonchev–Trinajstić information content (AvgIpc) is 2.77. The SMILES string of the molecule is Cc1nccn1Cc1nnc(C(F)F)o1. The summed E-state index contributed by atoms with van der Waals surface area (Å²) in [5, 5.41) is 6.73. The van der Waals surface area contributed by atoms with Gasteiger partial charge in [-0.15, -0.1) is 10.2 Å². The number of imidazole rings is 1. The maximum atomic E-state index is 12.1. The van der Waals surface area contributed by atoms with Crippen molar-refractivity contribution in [3.63, 3.8) is 0 Å². The summed E-state index contributed by atoms with van der Waals surface area (Å²) in [6, 6.07) is 0. The Labute approximate surface area is 83.8 Å². The lowest BCUT2D eigenvalue weighted by Gasteiger charge is -1.99. The van der Waals surface area contributed by atoms with E-state index in [0.29, 0.717) is 0 Å². The van der Waals surface area contributed by atoms with E-state index in [1.165, 1.54) is 0 Å². The van der Waals surface area contributed by atoms with Crippen LogP contribution in [-0.4, -0.2) is 19.7 Å². The number of halogens is 2. The second-order valence-corrected chi connectivity index (χ2v) is 2.94. The molecule has 0 atom stereocenters. The Morgan fingerprint density at radius 1 is 1.47 bits per heavy atom. The molecule has 2 heterocycles. The van der Waals surface area contributed by atoms with Gasteiger partial charge in [-0.25, -0.2) is 4.98 Å². The van der Waals surface area contributed by atoms with E-state index in [2.05, 4.69) is 15.2 Å². The van der Waals surface area contributed by atoms with Crippen molar-refractivity contribution in [2.45, 2.75) is 19.9 Å². The Bertz CT molecular complexity index is 451. The number of hydrogen-bond acceptors (Lipinski definition) is 4. The minimum atomic E-state index is -2.73. The maximum absolute atomic E-state index is 12.1. The molecule has 5 nitrogen and oxygen atoms in total. The second-order valence-electron chi connectivity index (χ2n) is 2.94. The fourth-order valence-corrected chi connectivity index (χ4v) is 1.14. The first kappa shape index (κ1) is 9.75. The molecule has 7 heteroatoms. The van der Waals surface area contributed by atoms with E-state index in [4.69, 9.17) is 4.42 Å². The minimum Gasteiger partial charge on any atom is -0.418 e. The molecular weight excluding hydrogens is 206 g/mol. The molecular formula is C8H8F2N4O. The van der Waals surface area contributed by atoms with Crippen molar-refractivity contribution < 1.29 is 13.2 Å². The fraction of sp³-hybridized carbons (Fsp3) is 0.375. The molecule has 2 aromatic heterocycles. The Morgan fingerprint density at radius 2 is 2.27 bits per heavy atom. The van der Waals surface area contributed by atoms with Gasteiger partial charge in [-0.05, 0) is 6.92 Å². The van der Waals surface area contributed by atoms with Gasteiger partial charge >= 0.3 is 6.43 Å². The van der Waals surface area contributed by atoms with Gasteiger partial charge in [0.05, 0.1) is 0 Å². The molecule has 0 aliphatic heterocycles. The Kier molecular flexibility index (Phi) is 2.44. The quantitative estimate of drug-likeness (QED) is 0.777. The van der Waals surface area contributed by atoms with Crippen LogP contribution >= 0.6 is 0 Å². The molecule has 80 valence electrons. The molecule has 0 spiro atoms. The molecule has 0 unspecified atom stereocenters. The first-order valence-electron chi connectivity index (χ1n) is 4.25. The first-order chi connectivity index (χ1) is 7.16. The van der Waals surface area contributed by atoms with Crippen LogP contribution in [0.15, 0.2) is 16.8 Å². The summed E-state index contributed by atoms with van der Waals surface area (Å²) in [6.45, 7) is 2.05. The molecule has 0 aliphatic carbocycles. The molecule has 0 saturated heterocycles. The van der Waals surface area contributed by atoms with Gasteiger partial charge in [0.25, 0.3) is 5.89 Å². The van der Waals surface area contributed by atoms with E-state index in [0.717, 1.165) is 5.82 Å². The zero-order valence-electron chi connectivity index (χ0n) is 7.89. The number of alkyl halides is 2. The van der Waals surface area contributed by atoms with Crippen LogP contribution in [-0.2, 0) is 6.54 Å². The van der Waals surface area contributed by atoms with E-state index < -0.39 is 12.3 Å². The van der Waals surface area contributed by atoms with Crippen LogP contribution < -0.4 is 0 Å². The third-order valence-electron chi connectivity index (χ3n) is 1.90. The predicted molar refractivity (Wildman–Crippen MR) is 45.3 cm³/mol. The first-order valence-corrected chi connectivity index (χ1v) is 4.25. The van der Waals surface area contributed by atoms with Crippen molar-refractivity contribution in [1.29, 1.82) is 0 Å².